The van der Waals surface area contributed by atoms with Crippen molar-refractivity contribution in [2.45, 2.75) is 6.54 Å². The van der Waals surface area contributed by atoms with E-state index in [4.69, 9.17) is 5.11 Å². The summed E-state index contributed by atoms with van der Waals surface area (Å²) in [6.45, 7) is 0.0500. The maximum absolute atomic E-state index is 10.6. The molecule has 0 saturated heterocycles. The zero-order chi connectivity index (χ0) is 9.52. The van der Waals surface area contributed by atoms with Crippen molar-refractivity contribution >= 4 is 5.91 Å². The summed E-state index contributed by atoms with van der Waals surface area (Å²) in [5.41, 5.74) is 6.10. The fraction of sp³-hybridized carbons (Fsp3) is 0.222. The molecule has 0 atom stereocenters. The van der Waals surface area contributed by atoms with Gasteiger partial charge in [0, 0.05) is 6.54 Å². The second kappa shape index (κ2) is 5.29. The average Bonchev–Trinajstić information content (AvgIpc) is 2.19. The lowest BCUT2D eigenvalue weighted by Crippen LogP contribution is -2.38. The molecule has 0 aromatic heterocycles. The summed E-state index contributed by atoms with van der Waals surface area (Å²) < 4.78 is 0. The number of hydrogen-bond acceptors (Lipinski definition) is 3. The molecular weight excluding hydrogens is 168 g/mol. The van der Waals surface area contributed by atoms with E-state index in [9.17, 15) is 4.79 Å². The molecule has 0 aliphatic carbocycles. The Morgan fingerprint density at radius 1 is 1.31 bits per heavy atom. The lowest BCUT2D eigenvalue weighted by Gasteiger charge is -2.04. The summed E-state index contributed by atoms with van der Waals surface area (Å²) in [4.78, 5) is 10.6. The average molecular weight is 180 g/mol. The minimum absolute atomic E-state index is 0.434. The standard InChI is InChI=1S/C9H12N2O2/c12-7-9(13)11-10-6-8-4-2-1-3-5-8/h1-5,10,12H,6-7H2,(H,11,13). The molecule has 0 aliphatic rings. The van der Waals surface area contributed by atoms with Crippen molar-refractivity contribution in [3.8, 4) is 0 Å². The van der Waals surface area contributed by atoms with Gasteiger partial charge in [0.15, 0.2) is 0 Å². The molecule has 0 fully saturated rings. The van der Waals surface area contributed by atoms with Crippen molar-refractivity contribution in [3.05, 3.63) is 35.9 Å². The van der Waals surface area contributed by atoms with Crippen LogP contribution in [0.15, 0.2) is 30.3 Å². The van der Waals surface area contributed by atoms with Gasteiger partial charge < -0.3 is 5.11 Å². The maximum Gasteiger partial charge on any atom is 0.259 e. The minimum atomic E-state index is -0.498. The predicted octanol–water partition coefficient (Wildman–Crippen LogP) is -0.200. The first kappa shape index (κ1) is 9.70. The number of nitrogens with one attached hydrogen (secondary N) is 2. The molecule has 0 unspecified atom stereocenters. The van der Waals surface area contributed by atoms with Gasteiger partial charge in [-0.2, -0.15) is 0 Å². The van der Waals surface area contributed by atoms with Crippen molar-refractivity contribution in [1.29, 1.82) is 0 Å². The third kappa shape index (κ3) is 3.68. The van der Waals surface area contributed by atoms with Crippen LogP contribution in [-0.4, -0.2) is 17.6 Å². The summed E-state index contributed by atoms with van der Waals surface area (Å²) >= 11 is 0. The molecule has 1 rings (SSSR count). The van der Waals surface area contributed by atoms with Crippen LogP contribution in [0.25, 0.3) is 0 Å². The molecule has 13 heavy (non-hydrogen) atoms. The van der Waals surface area contributed by atoms with E-state index in [1.807, 2.05) is 30.3 Å². The highest BCUT2D eigenvalue weighted by Gasteiger charge is 1.95. The molecular formula is C9H12N2O2. The van der Waals surface area contributed by atoms with Gasteiger partial charge >= 0.3 is 0 Å². The molecule has 1 aromatic rings. The van der Waals surface area contributed by atoms with Gasteiger partial charge in [-0.1, -0.05) is 30.3 Å². The van der Waals surface area contributed by atoms with Crippen LogP contribution in [0.4, 0.5) is 0 Å². The molecule has 1 aromatic carbocycles. The van der Waals surface area contributed by atoms with Crippen LogP contribution < -0.4 is 10.9 Å². The summed E-state index contributed by atoms with van der Waals surface area (Å²) in [7, 11) is 0. The Labute approximate surface area is 76.6 Å². The number of rotatable bonds is 4. The number of amides is 1. The van der Waals surface area contributed by atoms with Gasteiger partial charge in [-0.15, -0.1) is 0 Å². The minimum Gasteiger partial charge on any atom is -0.386 e. The maximum atomic E-state index is 10.6. The molecule has 0 radical (unpaired) electrons. The van der Waals surface area contributed by atoms with Crippen LogP contribution in [0, 0.1) is 0 Å². The first-order valence-electron chi connectivity index (χ1n) is 3.99. The smallest absolute Gasteiger partial charge is 0.259 e. The molecule has 3 N–H and O–H groups in total. The Morgan fingerprint density at radius 3 is 2.62 bits per heavy atom. The number of carbonyl (C=O) groups is 1. The SMILES string of the molecule is O=C(CO)NNCc1ccccc1. The quantitative estimate of drug-likeness (QED) is 0.562. The first-order chi connectivity index (χ1) is 6.33. The van der Waals surface area contributed by atoms with Gasteiger partial charge in [0.2, 0.25) is 0 Å². The van der Waals surface area contributed by atoms with Gasteiger partial charge in [-0.3, -0.25) is 10.2 Å². The largest absolute Gasteiger partial charge is 0.386 e. The summed E-state index contributed by atoms with van der Waals surface area (Å²) in [5, 5.41) is 8.38. The number of hydrazine groups is 1. The molecule has 0 bridgehead atoms. The lowest BCUT2D eigenvalue weighted by atomic mass is 10.2. The van der Waals surface area contributed by atoms with Crippen molar-refractivity contribution in [2.75, 3.05) is 6.61 Å². The van der Waals surface area contributed by atoms with E-state index < -0.39 is 12.5 Å². The topological polar surface area (TPSA) is 61.4 Å². The fourth-order valence-electron chi connectivity index (χ4n) is 0.880. The molecule has 0 heterocycles. The second-order valence-electron chi connectivity index (χ2n) is 2.55. The normalized spacial score (nSPS) is 9.62. The number of hydrogen-bond donors (Lipinski definition) is 3. The Balaban J connectivity index is 2.24. The predicted molar refractivity (Wildman–Crippen MR) is 48.5 cm³/mol. The molecule has 4 heteroatoms. The lowest BCUT2D eigenvalue weighted by molar-refractivity contribution is -0.124. The molecule has 0 spiro atoms. The third-order valence-corrected chi connectivity index (χ3v) is 1.51. The zero-order valence-corrected chi connectivity index (χ0v) is 7.16. The van der Waals surface area contributed by atoms with E-state index in [1.54, 1.807) is 0 Å². The van der Waals surface area contributed by atoms with Crippen LogP contribution in [0.5, 0.6) is 0 Å². The molecule has 1 amide bonds. The van der Waals surface area contributed by atoms with E-state index in [1.165, 1.54) is 0 Å². The molecule has 4 nitrogen and oxygen atoms in total. The van der Waals surface area contributed by atoms with Gasteiger partial charge in [0.1, 0.15) is 6.61 Å². The molecule has 0 saturated carbocycles. The molecule has 70 valence electrons. The van der Waals surface area contributed by atoms with Crippen molar-refractivity contribution in [2.24, 2.45) is 0 Å². The van der Waals surface area contributed by atoms with Gasteiger partial charge in [-0.25, -0.2) is 5.43 Å². The van der Waals surface area contributed by atoms with Gasteiger partial charge in [0.05, 0.1) is 0 Å². The van der Waals surface area contributed by atoms with Crippen LogP contribution in [0.2, 0.25) is 0 Å². The van der Waals surface area contributed by atoms with E-state index in [0.29, 0.717) is 6.54 Å². The Bertz CT molecular complexity index is 262. The second-order valence-corrected chi connectivity index (χ2v) is 2.55. The number of aliphatic hydroxyl groups excluding tert-OH is 1. The fourth-order valence-corrected chi connectivity index (χ4v) is 0.880. The Kier molecular flexibility index (Phi) is 3.95. The van der Waals surface area contributed by atoms with Crippen LogP contribution >= 0.6 is 0 Å². The number of aliphatic hydroxyl groups is 1. The van der Waals surface area contributed by atoms with Crippen molar-refractivity contribution in [3.63, 3.8) is 0 Å². The summed E-state index contributed by atoms with van der Waals surface area (Å²) in [5.74, 6) is -0.434. The first-order valence-corrected chi connectivity index (χ1v) is 3.99. The number of benzene rings is 1. The van der Waals surface area contributed by atoms with Gasteiger partial charge in [-0.05, 0) is 5.56 Å². The summed E-state index contributed by atoms with van der Waals surface area (Å²) in [6.07, 6.45) is 0. The van der Waals surface area contributed by atoms with Crippen LogP contribution in [0.3, 0.4) is 0 Å². The Hall–Kier alpha value is -1.39. The summed E-state index contributed by atoms with van der Waals surface area (Å²) in [6, 6.07) is 9.65. The Morgan fingerprint density at radius 2 is 2.00 bits per heavy atom. The van der Waals surface area contributed by atoms with E-state index in [-0.39, 0.29) is 0 Å². The van der Waals surface area contributed by atoms with Crippen LogP contribution in [-0.2, 0) is 11.3 Å². The van der Waals surface area contributed by atoms with E-state index in [2.05, 4.69) is 10.9 Å². The van der Waals surface area contributed by atoms with Crippen LogP contribution in [0.1, 0.15) is 5.56 Å². The highest BCUT2D eigenvalue weighted by Crippen LogP contribution is 1.95. The zero-order valence-electron chi connectivity index (χ0n) is 7.16. The number of carbonyl (C=O) groups excluding carboxylic acids is 1. The van der Waals surface area contributed by atoms with Crippen molar-refractivity contribution < 1.29 is 9.90 Å². The molecule has 0 aliphatic heterocycles. The van der Waals surface area contributed by atoms with E-state index >= 15 is 0 Å². The van der Waals surface area contributed by atoms with E-state index in [0.717, 1.165) is 5.56 Å². The monoisotopic (exact) mass is 180 g/mol. The highest BCUT2D eigenvalue weighted by molar-refractivity contribution is 5.76. The highest BCUT2D eigenvalue weighted by atomic mass is 16.3. The third-order valence-electron chi connectivity index (χ3n) is 1.51. The van der Waals surface area contributed by atoms with Crippen molar-refractivity contribution in [1.82, 2.24) is 10.9 Å². The van der Waals surface area contributed by atoms with Gasteiger partial charge in [0.25, 0.3) is 5.91 Å².